The van der Waals surface area contributed by atoms with Crippen LogP contribution in [0.1, 0.15) is 38.5 Å². The van der Waals surface area contributed by atoms with Crippen molar-refractivity contribution in [3.8, 4) is 0 Å². The zero-order valence-corrected chi connectivity index (χ0v) is 10.6. The molecule has 0 bridgehead atoms. The molecule has 3 fully saturated rings. The van der Waals surface area contributed by atoms with Gasteiger partial charge in [0.15, 0.2) is 0 Å². The molecule has 1 N–H and O–H groups in total. The summed E-state index contributed by atoms with van der Waals surface area (Å²) in [5.74, 6) is 0.109. The average Bonchev–Trinajstić information content (AvgIpc) is 3.08. The molecule has 1 saturated carbocycles. The van der Waals surface area contributed by atoms with E-state index in [9.17, 15) is 13.2 Å². The van der Waals surface area contributed by atoms with E-state index in [2.05, 4.69) is 4.72 Å². The number of rotatable bonds is 3. The first-order chi connectivity index (χ1) is 8.08. The van der Waals surface area contributed by atoms with Crippen LogP contribution >= 0.6 is 0 Å². The molecule has 2 saturated heterocycles. The number of amides is 1. The summed E-state index contributed by atoms with van der Waals surface area (Å²) >= 11 is 0. The lowest BCUT2D eigenvalue weighted by atomic mass is 10.00. The van der Waals surface area contributed by atoms with Gasteiger partial charge in [-0.15, -0.1) is 0 Å². The van der Waals surface area contributed by atoms with E-state index in [1.165, 1.54) is 0 Å². The Morgan fingerprint density at radius 2 is 1.94 bits per heavy atom. The average molecular weight is 258 g/mol. The van der Waals surface area contributed by atoms with Crippen molar-refractivity contribution in [2.24, 2.45) is 0 Å². The van der Waals surface area contributed by atoms with Gasteiger partial charge in [0.05, 0.1) is 11.3 Å². The van der Waals surface area contributed by atoms with Crippen molar-refractivity contribution in [2.75, 3.05) is 6.54 Å². The third-order valence-corrected chi connectivity index (χ3v) is 5.99. The number of hydrogen-bond donors (Lipinski definition) is 1. The summed E-state index contributed by atoms with van der Waals surface area (Å²) < 4.78 is 26.5. The number of nitrogens with one attached hydrogen (secondary N) is 1. The van der Waals surface area contributed by atoms with Gasteiger partial charge >= 0.3 is 0 Å². The Morgan fingerprint density at radius 1 is 1.18 bits per heavy atom. The fourth-order valence-corrected chi connectivity index (χ4v) is 4.54. The Bertz CT molecular complexity index is 430. The van der Waals surface area contributed by atoms with Gasteiger partial charge in [-0.05, 0) is 32.1 Å². The molecule has 1 amide bonds. The second kappa shape index (κ2) is 3.95. The van der Waals surface area contributed by atoms with E-state index in [-0.39, 0.29) is 23.2 Å². The van der Waals surface area contributed by atoms with Crippen molar-refractivity contribution in [1.82, 2.24) is 9.62 Å². The zero-order chi connectivity index (χ0) is 12.0. The van der Waals surface area contributed by atoms with Gasteiger partial charge in [-0.3, -0.25) is 4.79 Å². The molecular formula is C11H18N2O3S. The highest BCUT2D eigenvalue weighted by Crippen LogP contribution is 2.32. The molecule has 6 heteroatoms. The Kier molecular flexibility index (Phi) is 2.66. The van der Waals surface area contributed by atoms with Gasteiger partial charge in [-0.25, -0.2) is 13.1 Å². The van der Waals surface area contributed by atoms with Crippen molar-refractivity contribution in [1.29, 1.82) is 0 Å². The van der Waals surface area contributed by atoms with Crippen molar-refractivity contribution in [3.05, 3.63) is 0 Å². The first kappa shape index (κ1) is 11.5. The second-order valence-electron chi connectivity index (χ2n) is 5.32. The largest absolute Gasteiger partial charge is 0.338 e. The summed E-state index contributed by atoms with van der Waals surface area (Å²) in [6.45, 7) is 0.797. The van der Waals surface area contributed by atoms with Crippen LogP contribution < -0.4 is 4.72 Å². The Labute approximate surface area is 102 Å². The molecule has 3 rings (SSSR count). The second-order valence-corrected chi connectivity index (χ2v) is 7.32. The minimum absolute atomic E-state index is 0.102. The van der Waals surface area contributed by atoms with Gasteiger partial charge in [-0.2, -0.15) is 0 Å². The smallest absolute Gasteiger partial charge is 0.224 e. The molecule has 0 unspecified atom stereocenters. The van der Waals surface area contributed by atoms with Crippen LogP contribution in [-0.2, 0) is 14.8 Å². The molecule has 96 valence electrons. The molecule has 5 nitrogen and oxygen atoms in total. The van der Waals surface area contributed by atoms with Crippen LogP contribution in [-0.4, -0.2) is 43.1 Å². The van der Waals surface area contributed by atoms with Crippen LogP contribution in [0.4, 0.5) is 0 Å². The summed E-state index contributed by atoms with van der Waals surface area (Å²) in [7, 11) is -3.17. The third-order valence-electron chi connectivity index (χ3n) is 4.01. The van der Waals surface area contributed by atoms with E-state index in [0.717, 1.165) is 38.6 Å². The molecule has 2 atom stereocenters. The first-order valence-corrected chi connectivity index (χ1v) is 7.93. The number of carbonyl (C=O) groups is 1. The Hall–Kier alpha value is -0.620. The van der Waals surface area contributed by atoms with Crippen LogP contribution in [0.2, 0.25) is 0 Å². The Balaban J connectivity index is 1.73. The van der Waals surface area contributed by atoms with E-state index < -0.39 is 10.0 Å². The normalized spacial score (nSPS) is 33.9. The van der Waals surface area contributed by atoms with E-state index in [1.807, 2.05) is 4.90 Å². The SMILES string of the molecule is O=C1C[C@@H](NS(=O)(=O)C2CC2)[C@H]2CCCCN12. The number of fused-ring (bicyclic) bond motifs is 1. The van der Waals surface area contributed by atoms with Crippen LogP contribution in [0, 0.1) is 0 Å². The van der Waals surface area contributed by atoms with Gasteiger partial charge in [0.2, 0.25) is 15.9 Å². The molecular weight excluding hydrogens is 240 g/mol. The lowest BCUT2D eigenvalue weighted by Gasteiger charge is -2.32. The van der Waals surface area contributed by atoms with E-state index >= 15 is 0 Å². The highest BCUT2D eigenvalue weighted by Gasteiger charge is 2.45. The predicted molar refractivity (Wildman–Crippen MR) is 62.8 cm³/mol. The summed E-state index contributed by atoms with van der Waals surface area (Å²) in [6, 6.07) is -0.0850. The number of nitrogens with zero attached hydrogens (tertiary/aromatic N) is 1. The van der Waals surface area contributed by atoms with Crippen molar-refractivity contribution >= 4 is 15.9 Å². The first-order valence-electron chi connectivity index (χ1n) is 6.38. The number of hydrogen-bond acceptors (Lipinski definition) is 3. The van der Waals surface area contributed by atoms with E-state index in [4.69, 9.17) is 0 Å². The van der Waals surface area contributed by atoms with E-state index in [0.29, 0.717) is 6.42 Å². The van der Waals surface area contributed by atoms with Crippen LogP contribution in [0.15, 0.2) is 0 Å². The monoisotopic (exact) mass is 258 g/mol. The van der Waals surface area contributed by atoms with Gasteiger partial charge in [0.25, 0.3) is 0 Å². The summed E-state index contributed by atoms with van der Waals surface area (Å²) in [6.07, 6.45) is 4.95. The highest BCUT2D eigenvalue weighted by atomic mass is 32.2. The molecule has 2 heterocycles. The summed E-state index contributed by atoms with van der Waals surface area (Å²) in [5.41, 5.74) is 0. The lowest BCUT2D eigenvalue weighted by Crippen LogP contribution is -2.47. The fourth-order valence-electron chi connectivity index (χ4n) is 2.93. The molecule has 0 radical (unpaired) electrons. The molecule has 0 aromatic carbocycles. The zero-order valence-electron chi connectivity index (χ0n) is 9.76. The maximum atomic E-state index is 11.9. The lowest BCUT2D eigenvalue weighted by molar-refractivity contribution is -0.129. The molecule has 2 aliphatic heterocycles. The van der Waals surface area contributed by atoms with Crippen LogP contribution in [0.3, 0.4) is 0 Å². The van der Waals surface area contributed by atoms with E-state index in [1.54, 1.807) is 0 Å². The molecule has 0 aromatic rings. The van der Waals surface area contributed by atoms with Gasteiger partial charge in [0, 0.05) is 19.0 Å². The number of carbonyl (C=O) groups excluding carboxylic acids is 1. The molecule has 0 spiro atoms. The Morgan fingerprint density at radius 3 is 2.65 bits per heavy atom. The van der Waals surface area contributed by atoms with Gasteiger partial charge in [-0.1, -0.05) is 0 Å². The maximum absolute atomic E-state index is 11.9. The van der Waals surface area contributed by atoms with Crippen LogP contribution in [0.5, 0.6) is 0 Å². The third kappa shape index (κ3) is 2.08. The molecule has 1 aliphatic carbocycles. The minimum Gasteiger partial charge on any atom is -0.338 e. The highest BCUT2D eigenvalue weighted by molar-refractivity contribution is 7.90. The maximum Gasteiger partial charge on any atom is 0.224 e. The van der Waals surface area contributed by atoms with Crippen LogP contribution in [0.25, 0.3) is 0 Å². The minimum atomic E-state index is -3.17. The summed E-state index contributed by atoms with van der Waals surface area (Å²) in [5, 5.41) is -0.199. The molecule has 0 aromatic heterocycles. The number of sulfonamides is 1. The van der Waals surface area contributed by atoms with Gasteiger partial charge < -0.3 is 4.90 Å². The predicted octanol–water partition coefficient (Wildman–Crippen LogP) is 0.222. The van der Waals surface area contributed by atoms with Gasteiger partial charge in [0.1, 0.15) is 0 Å². The standard InChI is InChI=1S/C11H18N2O3S/c14-11-7-9(10-3-1-2-6-13(10)11)12-17(15,16)8-4-5-8/h8-10,12H,1-7H2/t9-,10-/m1/s1. The molecule has 3 aliphatic rings. The van der Waals surface area contributed by atoms with Crippen molar-refractivity contribution < 1.29 is 13.2 Å². The quantitative estimate of drug-likeness (QED) is 0.787. The topological polar surface area (TPSA) is 66.5 Å². The van der Waals surface area contributed by atoms with Crippen molar-refractivity contribution in [3.63, 3.8) is 0 Å². The summed E-state index contributed by atoms with van der Waals surface area (Å²) in [4.78, 5) is 13.6. The fraction of sp³-hybridized carbons (Fsp3) is 0.909. The number of piperidine rings is 1. The van der Waals surface area contributed by atoms with Crippen molar-refractivity contribution in [2.45, 2.75) is 55.9 Å². The molecule has 17 heavy (non-hydrogen) atoms.